The Kier molecular flexibility index (Phi) is 4.91. The number of nitrogens with two attached hydrogens (primary N) is 1. The van der Waals surface area contributed by atoms with Crippen LogP contribution in [-0.4, -0.2) is 33.4 Å². The van der Waals surface area contributed by atoms with E-state index in [0.29, 0.717) is 17.3 Å². The highest BCUT2D eigenvalue weighted by Crippen LogP contribution is 2.30. The number of nitro benzene ring substituents is 1. The Morgan fingerprint density at radius 3 is 2.70 bits per heavy atom. The van der Waals surface area contributed by atoms with Gasteiger partial charge in [0.2, 0.25) is 5.91 Å². The fourth-order valence-corrected chi connectivity index (χ4v) is 2.63. The second-order valence-corrected chi connectivity index (χ2v) is 5.42. The third kappa shape index (κ3) is 3.83. The minimum absolute atomic E-state index is 0.0704. The number of imide groups is 1. The number of primary amides is 1. The van der Waals surface area contributed by atoms with Crippen LogP contribution < -0.4 is 5.73 Å². The molecule has 23 heavy (non-hydrogen) atoms. The van der Waals surface area contributed by atoms with Gasteiger partial charge in [-0.15, -0.1) is 0 Å². The molecule has 2 N–H and O–H groups in total. The lowest BCUT2D eigenvalue weighted by atomic mass is 10.1. The maximum Gasteiger partial charge on any atom is 0.294 e. The predicted molar refractivity (Wildman–Crippen MR) is 84.1 cm³/mol. The molecule has 1 saturated heterocycles. The third-order valence-electron chi connectivity index (χ3n) is 2.84. The van der Waals surface area contributed by atoms with Crippen LogP contribution >= 0.6 is 11.8 Å². The van der Waals surface area contributed by atoms with Crippen LogP contribution in [0.3, 0.4) is 0 Å². The standard InChI is InChI=1S/C14H11N3O5S/c15-12(18)8-16-13(19)11(23-14(16)20)7-3-5-9-4-1-2-6-10(9)17(21)22/h1-7H,8H2,(H2,15,18)/b5-3+,11-7-. The lowest BCUT2D eigenvalue weighted by molar-refractivity contribution is -0.385. The molecule has 0 spiro atoms. The van der Waals surface area contributed by atoms with E-state index in [2.05, 4.69) is 0 Å². The molecule has 1 fully saturated rings. The number of nitro groups is 1. The zero-order chi connectivity index (χ0) is 17.0. The molecule has 0 unspecified atom stereocenters. The van der Waals surface area contributed by atoms with E-state index < -0.39 is 28.5 Å². The smallest absolute Gasteiger partial charge is 0.294 e. The van der Waals surface area contributed by atoms with Crippen molar-refractivity contribution in [3.05, 3.63) is 57.0 Å². The molecule has 3 amide bonds. The molecule has 0 radical (unpaired) electrons. The van der Waals surface area contributed by atoms with Crippen LogP contribution in [0.5, 0.6) is 0 Å². The van der Waals surface area contributed by atoms with E-state index in [1.807, 2.05) is 0 Å². The van der Waals surface area contributed by atoms with Gasteiger partial charge in [0.1, 0.15) is 6.54 Å². The highest BCUT2D eigenvalue weighted by molar-refractivity contribution is 8.18. The topological polar surface area (TPSA) is 124 Å². The maximum atomic E-state index is 11.9. The Hall–Kier alpha value is -2.94. The average Bonchev–Trinajstić information content (AvgIpc) is 2.75. The van der Waals surface area contributed by atoms with Gasteiger partial charge in [-0.1, -0.05) is 18.2 Å². The second kappa shape index (κ2) is 6.88. The second-order valence-electron chi connectivity index (χ2n) is 4.43. The molecule has 118 valence electrons. The Bertz CT molecular complexity index is 757. The molecular weight excluding hydrogens is 322 g/mol. The predicted octanol–water partition coefficient (Wildman–Crippen LogP) is 1.67. The average molecular weight is 333 g/mol. The number of amides is 3. The van der Waals surface area contributed by atoms with Crippen molar-refractivity contribution in [2.45, 2.75) is 0 Å². The first-order valence-corrected chi connectivity index (χ1v) is 7.15. The van der Waals surface area contributed by atoms with Crippen molar-refractivity contribution < 1.29 is 19.3 Å². The number of carbonyl (C=O) groups is 3. The Morgan fingerprint density at radius 1 is 1.35 bits per heavy atom. The van der Waals surface area contributed by atoms with Gasteiger partial charge < -0.3 is 5.73 Å². The molecule has 1 aromatic carbocycles. The Morgan fingerprint density at radius 2 is 2.04 bits per heavy atom. The van der Waals surface area contributed by atoms with Crippen LogP contribution in [0.2, 0.25) is 0 Å². The molecule has 1 aliphatic rings. The van der Waals surface area contributed by atoms with Crippen molar-refractivity contribution in [1.82, 2.24) is 4.90 Å². The lowest BCUT2D eigenvalue weighted by Crippen LogP contribution is -2.36. The zero-order valence-corrected chi connectivity index (χ0v) is 12.5. The number of benzene rings is 1. The van der Waals surface area contributed by atoms with E-state index in [1.54, 1.807) is 18.2 Å². The van der Waals surface area contributed by atoms with Crippen LogP contribution in [0.15, 0.2) is 41.3 Å². The van der Waals surface area contributed by atoms with E-state index in [1.165, 1.54) is 24.3 Å². The zero-order valence-electron chi connectivity index (χ0n) is 11.7. The molecular formula is C14H11N3O5S. The van der Waals surface area contributed by atoms with Crippen molar-refractivity contribution in [2.75, 3.05) is 6.54 Å². The van der Waals surface area contributed by atoms with Crippen LogP contribution in [0, 0.1) is 10.1 Å². The van der Waals surface area contributed by atoms with Gasteiger partial charge in [-0.3, -0.25) is 29.4 Å². The molecule has 0 bridgehead atoms. The summed E-state index contributed by atoms with van der Waals surface area (Å²) in [6.45, 7) is -0.476. The number of thioether (sulfide) groups is 1. The van der Waals surface area contributed by atoms with Gasteiger partial charge >= 0.3 is 0 Å². The summed E-state index contributed by atoms with van der Waals surface area (Å²) in [5.74, 6) is -1.41. The summed E-state index contributed by atoms with van der Waals surface area (Å²) in [6, 6.07) is 6.11. The quantitative estimate of drug-likeness (QED) is 0.496. The SMILES string of the molecule is NC(=O)CN1C(=O)S/C(=C\C=C\c2ccccc2[N+](=O)[O-])C1=O. The number of rotatable bonds is 5. The van der Waals surface area contributed by atoms with Crippen molar-refractivity contribution in [1.29, 1.82) is 0 Å². The number of carbonyl (C=O) groups excluding carboxylic acids is 3. The Balaban J connectivity index is 2.18. The van der Waals surface area contributed by atoms with Gasteiger partial charge in [-0.2, -0.15) is 0 Å². The van der Waals surface area contributed by atoms with Gasteiger partial charge in [0.25, 0.3) is 16.8 Å². The number of allylic oxidation sites excluding steroid dienone is 2. The molecule has 1 aliphatic heterocycles. The number of nitrogens with zero attached hydrogens (tertiary/aromatic N) is 2. The number of para-hydroxylation sites is 1. The minimum atomic E-state index is -0.788. The van der Waals surface area contributed by atoms with Crippen LogP contribution in [0.4, 0.5) is 10.5 Å². The van der Waals surface area contributed by atoms with Crippen LogP contribution in [-0.2, 0) is 9.59 Å². The van der Waals surface area contributed by atoms with Gasteiger partial charge in [0.15, 0.2) is 0 Å². The largest absolute Gasteiger partial charge is 0.368 e. The molecule has 9 heteroatoms. The monoisotopic (exact) mass is 333 g/mol. The van der Waals surface area contributed by atoms with E-state index in [-0.39, 0.29) is 10.6 Å². The van der Waals surface area contributed by atoms with Crippen molar-refractivity contribution in [3.8, 4) is 0 Å². The highest BCUT2D eigenvalue weighted by Gasteiger charge is 2.35. The van der Waals surface area contributed by atoms with Crippen LogP contribution in [0.1, 0.15) is 5.56 Å². The van der Waals surface area contributed by atoms with Crippen molar-refractivity contribution >= 4 is 40.6 Å². The van der Waals surface area contributed by atoms with Gasteiger partial charge in [0, 0.05) is 6.07 Å². The third-order valence-corrected chi connectivity index (χ3v) is 3.77. The summed E-state index contributed by atoms with van der Waals surface area (Å²) < 4.78 is 0. The van der Waals surface area contributed by atoms with E-state index >= 15 is 0 Å². The van der Waals surface area contributed by atoms with Gasteiger partial charge in [-0.25, -0.2) is 0 Å². The van der Waals surface area contributed by atoms with E-state index in [4.69, 9.17) is 5.73 Å². The summed E-state index contributed by atoms with van der Waals surface area (Å²) in [5.41, 5.74) is 5.27. The van der Waals surface area contributed by atoms with Gasteiger partial charge in [-0.05, 0) is 30.0 Å². The number of hydrogen-bond donors (Lipinski definition) is 1. The molecule has 0 saturated carbocycles. The molecule has 2 rings (SSSR count). The van der Waals surface area contributed by atoms with Crippen molar-refractivity contribution in [2.24, 2.45) is 5.73 Å². The fourth-order valence-electron chi connectivity index (χ4n) is 1.84. The van der Waals surface area contributed by atoms with Gasteiger partial charge in [0.05, 0.1) is 15.4 Å². The first-order chi connectivity index (χ1) is 10.9. The molecule has 8 nitrogen and oxygen atoms in total. The van der Waals surface area contributed by atoms with Crippen molar-refractivity contribution in [3.63, 3.8) is 0 Å². The molecule has 0 aliphatic carbocycles. The minimum Gasteiger partial charge on any atom is -0.368 e. The molecule has 0 aromatic heterocycles. The fraction of sp³-hybridized carbons (Fsp3) is 0.0714. The normalized spacial score (nSPS) is 16.5. The first-order valence-electron chi connectivity index (χ1n) is 6.34. The number of hydrogen-bond acceptors (Lipinski definition) is 6. The molecule has 1 heterocycles. The first kappa shape index (κ1) is 16.4. The molecule has 1 aromatic rings. The van der Waals surface area contributed by atoms with E-state index in [9.17, 15) is 24.5 Å². The summed E-state index contributed by atoms with van der Waals surface area (Å²) in [6.07, 6.45) is 4.26. The van der Waals surface area contributed by atoms with E-state index in [0.717, 1.165) is 4.90 Å². The summed E-state index contributed by atoms with van der Waals surface area (Å²) in [5, 5.41) is 10.3. The lowest BCUT2D eigenvalue weighted by Gasteiger charge is -2.08. The maximum absolute atomic E-state index is 11.9. The Labute approximate surface area is 134 Å². The molecule has 0 atom stereocenters. The summed E-state index contributed by atoms with van der Waals surface area (Å²) >= 11 is 0.675. The van der Waals surface area contributed by atoms with Crippen LogP contribution in [0.25, 0.3) is 6.08 Å². The highest BCUT2D eigenvalue weighted by atomic mass is 32.2. The summed E-state index contributed by atoms with van der Waals surface area (Å²) in [4.78, 5) is 45.6. The summed E-state index contributed by atoms with van der Waals surface area (Å²) in [7, 11) is 0.